The van der Waals surface area contributed by atoms with E-state index in [1.165, 1.54) is 0 Å². The molecular weight excluding hydrogens is 254 g/mol. The SMILES string of the molecule is CCOC(=O)c1cccnc1-n1cc2ccccc2n1. The molecule has 100 valence electrons. The second-order valence-corrected chi connectivity index (χ2v) is 4.23. The van der Waals surface area contributed by atoms with Crippen LogP contribution in [-0.4, -0.2) is 27.3 Å². The zero-order chi connectivity index (χ0) is 13.9. The van der Waals surface area contributed by atoms with E-state index < -0.39 is 5.97 Å². The molecule has 0 radical (unpaired) electrons. The van der Waals surface area contributed by atoms with E-state index in [1.807, 2.05) is 30.5 Å². The van der Waals surface area contributed by atoms with Crippen molar-refractivity contribution in [2.45, 2.75) is 6.92 Å². The molecule has 3 rings (SSSR count). The molecule has 0 bridgehead atoms. The van der Waals surface area contributed by atoms with Crippen molar-refractivity contribution in [3.63, 3.8) is 0 Å². The lowest BCUT2D eigenvalue weighted by atomic mass is 10.2. The fraction of sp³-hybridized carbons (Fsp3) is 0.133. The van der Waals surface area contributed by atoms with Crippen LogP contribution in [0.25, 0.3) is 16.7 Å². The molecule has 0 spiro atoms. The molecule has 2 heterocycles. The number of aromatic nitrogens is 3. The monoisotopic (exact) mass is 267 g/mol. The quantitative estimate of drug-likeness (QED) is 0.684. The van der Waals surface area contributed by atoms with Gasteiger partial charge in [0.15, 0.2) is 5.82 Å². The summed E-state index contributed by atoms with van der Waals surface area (Å²) in [4.78, 5) is 16.2. The Morgan fingerprint density at radius 2 is 2.10 bits per heavy atom. The largest absolute Gasteiger partial charge is 0.462 e. The molecule has 20 heavy (non-hydrogen) atoms. The minimum atomic E-state index is -0.393. The van der Waals surface area contributed by atoms with Gasteiger partial charge in [-0.1, -0.05) is 18.2 Å². The highest BCUT2D eigenvalue weighted by Gasteiger charge is 2.15. The maximum Gasteiger partial charge on any atom is 0.341 e. The molecule has 0 saturated heterocycles. The number of nitrogens with zero attached hydrogens (tertiary/aromatic N) is 3. The van der Waals surface area contributed by atoms with Crippen molar-refractivity contribution in [3.8, 4) is 5.82 Å². The molecule has 0 aliphatic rings. The Hall–Kier alpha value is -2.69. The highest BCUT2D eigenvalue weighted by Crippen LogP contribution is 2.17. The molecule has 0 aliphatic carbocycles. The zero-order valence-electron chi connectivity index (χ0n) is 11.0. The van der Waals surface area contributed by atoms with Crippen molar-refractivity contribution >= 4 is 16.9 Å². The molecule has 5 nitrogen and oxygen atoms in total. The van der Waals surface area contributed by atoms with Gasteiger partial charge in [0.1, 0.15) is 5.56 Å². The van der Waals surface area contributed by atoms with Crippen LogP contribution in [0.5, 0.6) is 0 Å². The van der Waals surface area contributed by atoms with E-state index in [9.17, 15) is 4.79 Å². The number of fused-ring (bicyclic) bond motifs is 1. The molecule has 3 aromatic rings. The lowest BCUT2D eigenvalue weighted by Crippen LogP contribution is -2.11. The highest BCUT2D eigenvalue weighted by molar-refractivity contribution is 5.93. The average Bonchev–Trinajstić information content (AvgIpc) is 2.91. The van der Waals surface area contributed by atoms with Crippen LogP contribution in [0.1, 0.15) is 17.3 Å². The number of hydrogen-bond donors (Lipinski definition) is 0. The van der Waals surface area contributed by atoms with E-state index in [0.717, 1.165) is 10.9 Å². The normalized spacial score (nSPS) is 10.7. The van der Waals surface area contributed by atoms with E-state index in [2.05, 4.69) is 10.1 Å². The number of carbonyl (C=O) groups is 1. The molecule has 0 N–H and O–H groups in total. The summed E-state index contributed by atoms with van der Waals surface area (Å²) >= 11 is 0. The van der Waals surface area contributed by atoms with Gasteiger partial charge in [-0.25, -0.2) is 14.5 Å². The second kappa shape index (κ2) is 5.13. The van der Waals surface area contributed by atoms with Crippen LogP contribution in [0.4, 0.5) is 0 Å². The molecular formula is C15H13N3O2. The lowest BCUT2D eigenvalue weighted by Gasteiger charge is -2.06. The van der Waals surface area contributed by atoms with Crippen molar-refractivity contribution in [2.75, 3.05) is 6.61 Å². The Morgan fingerprint density at radius 3 is 2.90 bits per heavy atom. The number of benzene rings is 1. The van der Waals surface area contributed by atoms with Crippen molar-refractivity contribution in [2.24, 2.45) is 0 Å². The highest BCUT2D eigenvalue weighted by atomic mass is 16.5. The summed E-state index contributed by atoms with van der Waals surface area (Å²) in [7, 11) is 0. The number of esters is 1. The third kappa shape index (κ3) is 2.14. The molecule has 0 saturated carbocycles. The summed E-state index contributed by atoms with van der Waals surface area (Å²) in [5, 5.41) is 5.43. The van der Waals surface area contributed by atoms with Gasteiger partial charge in [0, 0.05) is 17.8 Å². The number of hydrogen-bond acceptors (Lipinski definition) is 4. The van der Waals surface area contributed by atoms with Gasteiger partial charge in [0.25, 0.3) is 0 Å². The third-order valence-electron chi connectivity index (χ3n) is 2.91. The first-order valence-corrected chi connectivity index (χ1v) is 6.36. The molecule has 0 amide bonds. The minimum Gasteiger partial charge on any atom is -0.462 e. The first-order valence-electron chi connectivity index (χ1n) is 6.36. The van der Waals surface area contributed by atoms with Gasteiger partial charge < -0.3 is 4.74 Å². The van der Waals surface area contributed by atoms with Gasteiger partial charge in [-0.2, -0.15) is 5.10 Å². The molecule has 1 aromatic carbocycles. The van der Waals surface area contributed by atoms with Gasteiger partial charge in [-0.3, -0.25) is 0 Å². The topological polar surface area (TPSA) is 57.0 Å². The Labute approximate surface area is 115 Å². The number of ether oxygens (including phenoxy) is 1. The summed E-state index contributed by atoms with van der Waals surface area (Å²) in [5.74, 6) is 0.0808. The predicted molar refractivity (Wildman–Crippen MR) is 74.8 cm³/mol. The average molecular weight is 267 g/mol. The summed E-state index contributed by atoms with van der Waals surface area (Å²) in [6, 6.07) is 11.1. The van der Waals surface area contributed by atoms with E-state index in [4.69, 9.17) is 4.74 Å². The first-order chi connectivity index (χ1) is 9.79. The van der Waals surface area contributed by atoms with E-state index >= 15 is 0 Å². The van der Waals surface area contributed by atoms with Crippen LogP contribution >= 0.6 is 0 Å². The van der Waals surface area contributed by atoms with Crippen molar-refractivity contribution in [1.29, 1.82) is 0 Å². The smallest absolute Gasteiger partial charge is 0.341 e. The summed E-state index contributed by atoms with van der Waals surface area (Å²) < 4.78 is 6.65. The fourth-order valence-electron chi connectivity index (χ4n) is 2.02. The molecule has 0 aliphatic heterocycles. The van der Waals surface area contributed by atoms with E-state index in [0.29, 0.717) is 18.0 Å². The number of carbonyl (C=O) groups excluding carboxylic acids is 1. The predicted octanol–water partition coefficient (Wildman–Crippen LogP) is 2.60. The van der Waals surface area contributed by atoms with Crippen LogP contribution < -0.4 is 0 Å². The van der Waals surface area contributed by atoms with Gasteiger partial charge in [0.2, 0.25) is 0 Å². The zero-order valence-corrected chi connectivity index (χ0v) is 11.0. The van der Waals surface area contributed by atoms with Crippen LogP contribution in [0, 0.1) is 0 Å². The number of pyridine rings is 1. The summed E-state index contributed by atoms with van der Waals surface area (Å²) in [6.07, 6.45) is 3.48. The van der Waals surface area contributed by atoms with Crippen LogP contribution in [0.3, 0.4) is 0 Å². The molecule has 0 atom stereocenters. The Morgan fingerprint density at radius 1 is 1.25 bits per heavy atom. The third-order valence-corrected chi connectivity index (χ3v) is 2.91. The second-order valence-electron chi connectivity index (χ2n) is 4.23. The Balaban J connectivity index is 2.11. The van der Waals surface area contributed by atoms with Crippen molar-refractivity contribution in [3.05, 3.63) is 54.4 Å². The standard InChI is InChI=1S/C15H13N3O2/c1-2-20-15(19)12-7-5-9-16-14(12)18-10-11-6-3-4-8-13(11)17-18/h3-10H,2H2,1H3. The molecule has 0 fully saturated rings. The van der Waals surface area contributed by atoms with E-state index in [1.54, 1.807) is 29.9 Å². The minimum absolute atomic E-state index is 0.328. The summed E-state index contributed by atoms with van der Waals surface area (Å²) in [5.41, 5.74) is 1.26. The van der Waals surface area contributed by atoms with Gasteiger partial charge >= 0.3 is 5.97 Å². The van der Waals surface area contributed by atoms with Gasteiger partial charge in [-0.05, 0) is 25.1 Å². The van der Waals surface area contributed by atoms with E-state index in [-0.39, 0.29) is 0 Å². The maximum atomic E-state index is 12.0. The van der Waals surface area contributed by atoms with Gasteiger partial charge in [0.05, 0.1) is 12.1 Å². The number of rotatable bonds is 3. The molecule has 2 aromatic heterocycles. The van der Waals surface area contributed by atoms with Crippen LogP contribution in [0.15, 0.2) is 48.8 Å². The van der Waals surface area contributed by atoms with Crippen molar-refractivity contribution in [1.82, 2.24) is 14.8 Å². The Kier molecular flexibility index (Phi) is 3.16. The molecule has 0 unspecified atom stereocenters. The van der Waals surface area contributed by atoms with Crippen molar-refractivity contribution < 1.29 is 9.53 Å². The van der Waals surface area contributed by atoms with Gasteiger partial charge in [-0.15, -0.1) is 0 Å². The fourth-order valence-corrected chi connectivity index (χ4v) is 2.02. The summed E-state index contributed by atoms with van der Waals surface area (Å²) in [6.45, 7) is 2.10. The lowest BCUT2D eigenvalue weighted by molar-refractivity contribution is 0.0525. The Bertz CT molecular complexity index is 731. The molecule has 5 heteroatoms. The van der Waals surface area contributed by atoms with Crippen LogP contribution in [-0.2, 0) is 4.74 Å². The first kappa shape index (κ1) is 12.3. The maximum absolute atomic E-state index is 12.0. The van der Waals surface area contributed by atoms with Crippen LogP contribution in [0.2, 0.25) is 0 Å².